The molecular formula is C13H15NO. The topological polar surface area (TPSA) is 22.1 Å². The van der Waals surface area contributed by atoms with Crippen LogP contribution in [-0.2, 0) is 4.74 Å². The van der Waals surface area contributed by atoms with Crippen molar-refractivity contribution in [2.45, 2.75) is 12.8 Å². The number of fused-ring (bicyclic) bond motifs is 1. The van der Waals surface area contributed by atoms with Crippen molar-refractivity contribution in [3.8, 4) is 0 Å². The summed E-state index contributed by atoms with van der Waals surface area (Å²) in [5, 5.41) is 1.23. The van der Waals surface area contributed by atoms with Gasteiger partial charge in [0, 0.05) is 24.6 Å². The maximum atomic E-state index is 5.19. The maximum Gasteiger partial charge on any atom is 0.0704 e. The number of nitrogens with zero attached hydrogens (tertiary/aromatic N) is 1. The molecule has 2 heteroatoms. The number of methoxy groups -OCH3 is 1. The summed E-state index contributed by atoms with van der Waals surface area (Å²) in [5.41, 5.74) is 2.36. The van der Waals surface area contributed by atoms with Crippen molar-refractivity contribution in [3.63, 3.8) is 0 Å². The zero-order valence-corrected chi connectivity index (χ0v) is 9.10. The highest BCUT2D eigenvalue weighted by atomic mass is 16.5. The van der Waals surface area contributed by atoms with Gasteiger partial charge >= 0.3 is 0 Å². The van der Waals surface area contributed by atoms with Crippen LogP contribution in [0.1, 0.15) is 18.4 Å². The van der Waals surface area contributed by atoms with E-state index in [9.17, 15) is 0 Å². The van der Waals surface area contributed by atoms with E-state index >= 15 is 0 Å². The van der Waals surface area contributed by atoms with Gasteiger partial charge in [-0.15, -0.1) is 0 Å². The molecule has 2 aromatic rings. The summed E-state index contributed by atoms with van der Waals surface area (Å²) in [6, 6.07) is 10.3. The third kappa shape index (κ3) is 2.00. The number of para-hydroxylation sites is 1. The number of aromatic nitrogens is 1. The second-order valence-corrected chi connectivity index (χ2v) is 3.77. The van der Waals surface area contributed by atoms with Crippen LogP contribution in [0.5, 0.6) is 0 Å². The Kier molecular flexibility index (Phi) is 2.97. The normalized spacial score (nSPS) is 12.9. The fourth-order valence-electron chi connectivity index (χ4n) is 1.89. The third-order valence-corrected chi connectivity index (χ3v) is 2.63. The summed E-state index contributed by atoms with van der Waals surface area (Å²) >= 11 is 0. The summed E-state index contributed by atoms with van der Waals surface area (Å²) in [7, 11) is 1.74. The summed E-state index contributed by atoms with van der Waals surface area (Å²) in [4.78, 5) is 4.34. The van der Waals surface area contributed by atoms with Gasteiger partial charge < -0.3 is 4.74 Å². The lowest BCUT2D eigenvalue weighted by molar-refractivity contribution is 0.184. The van der Waals surface area contributed by atoms with Crippen molar-refractivity contribution < 1.29 is 4.74 Å². The first-order chi connectivity index (χ1) is 7.33. The number of benzene rings is 1. The lowest BCUT2D eigenvalue weighted by atomic mass is 9.98. The molecular weight excluding hydrogens is 186 g/mol. The molecule has 0 aliphatic rings. The number of hydrogen-bond acceptors (Lipinski definition) is 2. The van der Waals surface area contributed by atoms with Crippen molar-refractivity contribution in [3.05, 3.63) is 42.1 Å². The van der Waals surface area contributed by atoms with E-state index < -0.39 is 0 Å². The molecule has 1 heterocycles. The van der Waals surface area contributed by atoms with Crippen molar-refractivity contribution in [2.24, 2.45) is 0 Å². The largest absolute Gasteiger partial charge is 0.384 e. The van der Waals surface area contributed by atoms with Crippen LogP contribution in [0.3, 0.4) is 0 Å². The standard InChI is InChI=1S/C13H15NO/c1-10(9-15-2)11-7-8-14-13-6-4-3-5-12(11)13/h3-8,10H,9H2,1-2H3/t10-/m1/s1. The molecule has 78 valence electrons. The first kappa shape index (κ1) is 10.1. The van der Waals surface area contributed by atoms with E-state index in [1.165, 1.54) is 10.9 Å². The van der Waals surface area contributed by atoms with Crippen molar-refractivity contribution in [2.75, 3.05) is 13.7 Å². The van der Waals surface area contributed by atoms with E-state index in [0.717, 1.165) is 12.1 Å². The average molecular weight is 201 g/mol. The molecule has 0 bridgehead atoms. The lowest BCUT2D eigenvalue weighted by Crippen LogP contribution is -2.02. The van der Waals surface area contributed by atoms with Crippen LogP contribution in [-0.4, -0.2) is 18.7 Å². The van der Waals surface area contributed by atoms with Gasteiger partial charge in [0.25, 0.3) is 0 Å². The molecule has 0 aliphatic carbocycles. The van der Waals surface area contributed by atoms with Crippen molar-refractivity contribution in [1.82, 2.24) is 4.98 Å². The van der Waals surface area contributed by atoms with Crippen LogP contribution < -0.4 is 0 Å². The molecule has 0 aliphatic heterocycles. The Morgan fingerprint density at radius 1 is 1.27 bits per heavy atom. The predicted molar refractivity (Wildman–Crippen MR) is 62.0 cm³/mol. The summed E-state index contributed by atoms with van der Waals surface area (Å²) < 4.78 is 5.19. The Hall–Kier alpha value is -1.41. The monoisotopic (exact) mass is 201 g/mol. The quantitative estimate of drug-likeness (QED) is 0.761. The number of hydrogen-bond donors (Lipinski definition) is 0. The van der Waals surface area contributed by atoms with Gasteiger partial charge in [-0.1, -0.05) is 25.1 Å². The summed E-state index contributed by atoms with van der Waals surface area (Å²) in [5.74, 6) is 0.405. The highest BCUT2D eigenvalue weighted by molar-refractivity contribution is 5.82. The summed E-state index contributed by atoms with van der Waals surface area (Å²) in [6.45, 7) is 2.92. The van der Waals surface area contributed by atoms with Crippen LogP contribution in [0.2, 0.25) is 0 Å². The van der Waals surface area contributed by atoms with Gasteiger partial charge in [0.05, 0.1) is 12.1 Å². The van der Waals surface area contributed by atoms with Crippen LogP contribution >= 0.6 is 0 Å². The molecule has 2 rings (SSSR count). The molecule has 1 atom stereocenters. The minimum absolute atomic E-state index is 0.405. The first-order valence-electron chi connectivity index (χ1n) is 5.15. The molecule has 0 radical (unpaired) electrons. The van der Waals surface area contributed by atoms with E-state index in [1.54, 1.807) is 7.11 Å². The SMILES string of the molecule is COC[C@@H](C)c1ccnc2ccccc12. The summed E-state index contributed by atoms with van der Waals surface area (Å²) in [6.07, 6.45) is 1.86. The highest BCUT2D eigenvalue weighted by Crippen LogP contribution is 2.23. The van der Waals surface area contributed by atoms with E-state index in [2.05, 4.69) is 24.0 Å². The van der Waals surface area contributed by atoms with E-state index in [0.29, 0.717) is 5.92 Å². The molecule has 15 heavy (non-hydrogen) atoms. The van der Waals surface area contributed by atoms with Gasteiger partial charge in [0.15, 0.2) is 0 Å². The van der Waals surface area contributed by atoms with Crippen LogP contribution in [0.4, 0.5) is 0 Å². The zero-order chi connectivity index (χ0) is 10.7. The van der Waals surface area contributed by atoms with E-state index in [4.69, 9.17) is 4.74 Å². The molecule has 0 saturated carbocycles. The van der Waals surface area contributed by atoms with E-state index in [1.807, 2.05) is 24.4 Å². The Balaban J connectivity index is 2.50. The Labute approximate surface area is 89.9 Å². The fraction of sp³-hybridized carbons (Fsp3) is 0.308. The third-order valence-electron chi connectivity index (χ3n) is 2.63. The van der Waals surface area contributed by atoms with Gasteiger partial charge in [-0.2, -0.15) is 0 Å². The smallest absolute Gasteiger partial charge is 0.0704 e. The number of pyridine rings is 1. The molecule has 0 spiro atoms. The molecule has 0 fully saturated rings. The number of ether oxygens (including phenoxy) is 1. The fourth-order valence-corrected chi connectivity index (χ4v) is 1.89. The van der Waals surface area contributed by atoms with Crippen LogP contribution in [0.25, 0.3) is 10.9 Å². The molecule has 0 N–H and O–H groups in total. The van der Waals surface area contributed by atoms with Crippen LogP contribution in [0.15, 0.2) is 36.5 Å². The first-order valence-corrected chi connectivity index (χ1v) is 5.15. The van der Waals surface area contributed by atoms with Crippen molar-refractivity contribution in [1.29, 1.82) is 0 Å². The van der Waals surface area contributed by atoms with Crippen LogP contribution in [0, 0.1) is 0 Å². The molecule has 0 saturated heterocycles. The van der Waals surface area contributed by atoms with Gasteiger partial charge in [-0.25, -0.2) is 0 Å². The van der Waals surface area contributed by atoms with Gasteiger partial charge in [-0.05, 0) is 17.7 Å². The second-order valence-electron chi connectivity index (χ2n) is 3.77. The molecule has 1 aromatic carbocycles. The van der Waals surface area contributed by atoms with Gasteiger partial charge in [0.2, 0.25) is 0 Å². The average Bonchev–Trinajstić information content (AvgIpc) is 2.28. The minimum Gasteiger partial charge on any atom is -0.384 e. The molecule has 0 unspecified atom stereocenters. The Morgan fingerprint density at radius 2 is 2.07 bits per heavy atom. The Bertz CT molecular complexity index is 448. The Morgan fingerprint density at radius 3 is 2.87 bits per heavy atom. The maximum absolute atomic E-state index is 5.19. The highest BCUT2D eigenvalue weighted by Gasteiger charge is 2.08. The van der Waals surface area contributed by atoms with Crippen molar-refractivity contribution >= 4 is 10.9 Å². The number of rotatable bonds is 3. The zero-order valence-electron chi connectivity index (χ0n) is 9.10. The predicted octanol–water partition coefficient (Wildman–Crippen LogP) is 2.98. The second kappa shape index (κ2) is 4.41. The van der Waals surface area contributed by atoms with Gasteiger partial charge in [-0.3, -0.25) is 4.98 Å². The molecule has 1 aromatic heterocycles. The van der Waals surface area contributed by atoms with E-state index in [-0.39, 0.29) is 0 Å². The molecule has 2 nitrogen and oxygen atoms in total. The lowest BCUT2D eigenvalue weighted by Gasteiger charge is -2.12. The molecule has 0 amide bonds. The van der Waals surface area contributed by atoms with Gasteiger partial charge in [0.1, 0.15) is 0 Å². The minimum atomic E-state index is 0.405.